The maximum atomic E-state index is 12.8. The molecule has 0 radical (unpaired) electrons. The van der Waals surface area contributed by atoms with E-state index < -0.39 is 0 Å². The molecule has 8 heteroatoms. The minimum Gasteiger partial charge on any atom is -0.349 e. The topological polar surface area (TPSA) is 98.4 Å². The number of fused-ring (bicyclic) bond motifs is 1. The van der Waals surface area contributed by atoms with Gasteiger partial charge in [-0.05, 0) is 74.9 Å². The maximum Gasteiger partial charge on any atom is 0.251 e. The van der Waals surface area contributed by atoms with Crippen LogP contribution in [0.1, 0.15) is 28.8 Å². The Kier molecular flexibility index (Phi) is 5.93. The summed E-state index contributed by atoms with van der Waals surface area (Å²) in [6.07, 6.45) is 3.83. The van der Waals surface area contributed by atoms with Crippen molar-refractivity contribution in [1.82, 2.24) is 24.8 Å². The molecule has 8 nitrogen and oxygen atoms in total. The summed E-state index contributed by atoms with van der Waals surface area (Å²) in [7, 11) is 2.11. The first-order valence-electron chi connectivity index (χ1n) is 11.3. The third kappa shape index (κ3) is 4.60. The quantitative estimate of drug-likeness (QED) is 0.478. The van der Waals surface area contributed by atoms with Crippen molar-refractivity contribution in [3.63, 3.8) is 0 Å². The monoisotopic (exact) mass is 451 g/mol. The zero-order chi connectivity index (χ0) is 23.5. The Bertz CT molecular complexity index is 1380. The van der Waals surface area contributed by atoms with Crippen LogP contribution in [0.4, 0.5) is 11.6 Å². The Balaban J connectivity index is 1.35. The van der Waals surface area contributed by atoms with Crippen molar-refractivity contribution < 1.29 is 4.79 Å². The van der Waals surface area contributed by atoms with Crippen molar-refractivity contribution in [3.05, 3.63) is 78.0 Å². The second-order valence-electron chi connectivity index (χ2n) is 8.57. The number of anilines is 2. The summed E-state index contributed by atoms with van der Waals surface area (Å²) in [5.41, 5.74) is 4.36. The van der Waals surface area contributed by atoms with E-state index in [4.69, 9.17) is 0 Å². The van der Waals surface area contributed by atoms with Crippen molar-refractivity contribution in [2.24, 2.45) is 0 Å². The van der Waals surface area contributed by atoms with E-state index in [2.05, 4.69) is 38.7 Å². The average molecular weight is 452 g/mol. The molecule has 0 aliphatic carbocycles. The number of aromatic nitrogens is 3. The van der Waals surface area contributed by atoms with E-state index in [0.717, 1.165) is 37.1 Å². The first-order valence-corrected chi connectivity index (χ1v) is 11.3. The highest BCUT2D eigenvalue weighted by Crippen LogP contribution is 2.23. The van der Waals surface area contributed by atoms with Crippen LogP contribution in [0.2, 0.25) is 0 Å². The molecular weight excluding hydrogens is 426 g/mol. The second-order valence-corrected chi connectivity index (χ2v) is 8.57. The number of carbonyl (C=O) groups excluding carboxylic acids is 1. The van der Waals surface area contributed by atoms with E-state index in [1.807, 2.05) is 60.8 Å². The van der Waals surface area contributed by atoms with Gasteiger partial charge in [-0.15, -0.1) is 5.10 Å². The molecule has 1 fully saturated rings. The van der Waals surface area contributed by atoms with Gasteiger partial charge in [0.25, 0.3) is 5.91 Å². The van der Waals surface area contributed by atoms with Gasteiger partial charge >= 0.3 is 0 Å². The summed E-state index contributed by atoms with van der Waals surface area (Å²) in [6.45, 7) is 2.00. The summed E-state index contributed by atoms with van der Waals surface area (Å²) in [4.78, 5) is 19.6. The lowest BCUT2D eigenvalue weighted by Gasteiger charge is -2.29. The van der Waals surface area contributed by atoms with Crippen molar-refractivity contribution >= 4 is 23.2 Å². The minimum atomic E-state index is -0.0409. The molecule has 0 atom stereocenters. The number of nitrogens with one attached hydrogen (secondary N) is 2. The number of benzene rings is 2. The standard InChI is InChI=1S/C26H25N7O/c1-32-13-11-22(12-14-32)28-25(34)19-7-4-6-18(15-19)21-9-10-24-30-26(31-33(24)17-21)29-23-8-3-2-5-20(23)16-27/h2-10,15,17,22H,11-14H2,1H3,(H,28,34)(H,29,31). The number of para-hydroxylation sites is 1. The highest BCUT2D eigenvalue weighted by molar-refractivity contribution is 5.95. The van der Waals surface area contributed by atoms with Crippen molar-refractivity contribution in [3.8, 4) is 17.2 Å². The van der Waals surface area contributed by atoms with E-state index in [1.165, 1.54) is 0 Å². The van der Waals surface area contributed by atoms with E-state index in [-0.39, 0.29) is 11.9 Å². The highest BCUT2D eigenvalue weighted by atomic mass is 16.1. The molecule has 34 heavy (non-hydrogen) atoms. The predicted octanol–water partition coefficient (Wildman–Crippen LogP) is 3.84. The number of nitriles is 1. The number of rotatable bonds is 5. The summed E-state index contributed by atoms with van der Waals surface area (Å²) in [5.74, 6) is 0.368. The molecule has 170 valence electrons. The van der Waals surface area contributed by atoms with Crippen molar-refractivity contribution in [1.29, 1.82) is 5.26 Å². The lowest BCUT2D eigenvalue weighted by atomic mass is 10.0. The van der Waals surface area contributed by atoms with Crippen molar-refractivity contribution in [2.45, 2.75) is 18.9 Å². The van der Waals surface area contributed by atoms with Gasteiger partial charge in [-0.2, -0.15) is 10.2 Å². The number of pyridine rings is 1. The van der Waals surface area contributed by atoms with Gasteiger partial charge in [-0.3, -0.25) is 4.79 Å². The Morgan fingerprint density at radius 3 is 2.71 bits per heavy atom. The summed E-state index contributed by atoms with van der Waals surface area (Å²) in [6, 6.07) is 21.1. The van der Waals surface area contributed by atoms with E-state index >= 15 is 0 Å². The average Bonchev–Trinajstić information content (AvgIpc) is 3.27. The predicted molar refractivity (Wildman–Crippen MR) is 131 cm³/mol. The number of carbonyl (C=O) groups is 1. The first kappa shape index (κ1) is 21.6. The summed E-state index contributed by atoms with van der Waals surface area (Å²) >= 11 is 0. The fourth-order valence-corrected chi connectivity index (χ4v) is 4.18. The Hall–Kier alpha value is -4.22. The van der Waals surface area contributed by atoms with Crippen LogP contribution < -0.4 is 10.6 Å². The van der Waals surface area contributed by atoms with Gasteiger partial charge in [0.1, 0.15) is 6.07 Å². The van der Waals surface area contributed by atoms with Crippen LogP contribution in [-0.2, 0) is 0 Å². The molecule has 0 unspecified atom stereocenters. The molecule has 4 aromatic rings. The third-order valence-corrected chi connectivity index (χ3v) is 6.14. The zero-order valence-electron chi connectivity index (χ0n) is 18.9. The largest absolute Gasteiger partial charge is 0.349 e. The number of hydrogen-bond donors (Lipinski definition) is 2. The zero-order valence-corrected chi connectivity index (χ0v) is 18.9. The SMILES string of the molecule is CN1CCC(NC(=O)c2cccc(-c3ccc4nc(Nc5ccccc5C#N)nn4c3)c2)CC1. The molecule has 2 aromatic carbocycles. The lowest BCUT2D eigenvalue weighted by molar-refractivity contribution is 0.0917. The molecule has 1 saturated heterocycles. The van der Waals surface area contributed by atoms with E-state index in [0.29, 0.717) is 28.4 Å². The van der Waals surface area contributed by atoms with Gasteiger partial charge in [0.15, 0.2) is 5.65 Å². The maximum absolute atomic E-state index is 12.8. The highest BCUT2D eigenvalue weighted by Gasteiger charge is 2.19. The molecule has 2 N–H and O–H groups in total. The normalized spacial score (nSPS) is 14.6. The number of hydrogen-bond acceptors (Lipinski definition) is 6. The summed E-state index contributed by atoms with van der Waals surface area (Å²) < 4.78 is 1.69. The van der Waals surface area contributed by atoms with Gasteiger partial charge in [0.05, 0.1) is 11.3 Å². The van der Waals surface area contributed by atoms with Crippen LogP contribution in [0.3, 0.4) is 0 Å². The molecule has 5 rings (SSSR count). The minimum absolute atomic E-state index is 0.0409. The van der Waals surface area contributed by atoms with Crippen LogP contribution >= 0.6 is 0 Å². The molecule has 0 spiro atoms. The third-order valence-electron chi connectivity index (χ3n) is 6.14. The smallest absolute Gasteiger partial charge is 0.251 e. The number of likely N-dealkylation sites (tertiary alicyclic amines) is 1. The number of nitrogens with zero attached hydrogens (tertiary/aromatic N) is 5. The molecule has 0 saturated carbocycles. The molecule has 1 amide bonds. The number of amides is 1. The van der Waals surface area contributed by atoms with E-state index in [1.54, 1.807) is 10.6 Å². The second kappa shape index (κ2) is 9.33. The molecular formula is C26H25N7O. The van der Waals surface area contributed by atoms with Gasteiger partial charge in [0.2, 0.25) is 5.95 Å². The van der Waals surface area contributed by atoms with Crippen LogP contribution in [0.25, 0.3) is 16.8 Å². The Morgan fingerprint density at radius 1 is 1.06 bits per heavy atom. The fraction of sp³-hybridized carbons (Fsp3) is 0.231. The van der Waals surface area contributed by atoms with Gasteiger partial charge in [-0.1, -0.05) is 24.3 Å². The van der Waals surface area contributed by atoms with Gasteiger partial charge in [-0.25, -0.2) is 4.52 Å². The van der Waals surface area contributed by atoms with E-state index in [9.17, 15) is 10.1 Å². The first-order chi connectivity index (χ1) is 16.6. The molecule has 1 aliphatic heterocycles. The molecule has 2 aromatic heterocycles. The van der Waals surface area contributed by atoms with Crippen LogP contribution in [0, 0.1) is 11.3 Å². The van der Waals surface area contributed by atoms with Crippen LogP contribution in [-0.4, -0.2) is 51.6 Å². The van der Waals surface area contributed by atoms with Crippen molar-refractivity contribution in [2.75, 3.05) is 25.5 Å². The fourth-order valence-electron chi connectivity index (χ4n) is 4.18. The molecule has 1 aliphatic rings. The van der Waals surface area contributed by atoms with Crippen LogP contribution in [0.5, 0.6) is 0 Å². The molecule has 3 heterocycles. The van der Waals surface area contributed by atoms with Crippen LogP contribution in [0.15, 0.2) is 66.9 Å². The van der Waals surface area contributed by atoms with Gasteiger partial charge in [0, 0.05) is 23.4 Å². The Labute approximate surface area is 197 Å². The summed E-state index contributed by atoms with van der Waals surface area (Å²) in [5, 5.41) is 20.1. The molecule has 0 bridgehead atoms. The lowest BCUT2D eigenvalue weighted by Crippen LogP contribution is -2.43. The Morgan fingerprint density at radius 2 is 1.88 bits per heavy atom. The van der Waals surface area contributed by atoms with Gasteiger partial charge < -0.3 is 15.5 Å². The number of piperidine rings is 1.